The van der Waals surface area contributed by atoms with E-state index < -0.39 is 5.96 Å². The van der Waals surface area contributed by atoms with Crippen molar-refractivity contribution < 1.29 is 0 Å². The fourth-order valence-corrected chi connectivity index (χ4v) is 7.72. The number of hydrogen-bond donors (Lipinski definition) is 0. The quantitative estimate of drug-likeness (QED) is 0.515. The molecule has 0 heterocycles. The minimum absolute atomic E-state index is 1.06. The van der Waals surface area contributed by atoms with Gasteiger partial charge in [-0.25, -0.2) is 0 Å². The first-order chi connectivity index (χ1) is 5.04. The second kappa shape index (κ2) is 4.44. The molecule has 0 aromatic rings. The van der Waals surface area contributed by atoms with Crippen molar-refractivity contribution in [1.29, 1.82) is 0 Å². The summed E-state index contributed by atoms with van der Waals surface area (Å²) in [6.45, 7) is 6.71. The van der Waals surface area contributed by atoms with Gasteiger partial charge in [-0.2, -0.15) is 0 Å². The van der Waals surface area contributed by atoms with E-state index in [1.54, 1.807) is 0 Å². The molecule has 0 aromatic heterocycles. The van der Waals surface area contributed by atoms with Crippen LogP contribution in [-0.4, -0.2) is 30.0 Å². The van der Waals surface area contributed by atoms with Crippen LogP contribution in [0.1, 0.15) is 20.8 Å². The summed E-state index contributed by atoms with van der Waals surface area (Å²) in [5.74, 6) is -1.76. The maximum atomic E-state index is 6.75. The molecule has 0 aromatic carbocycles. The predicted molar refractivity (Wildman–Crippen MR) is 63.1 cm³/mol. The van der Waals surface area contributed by atoms with Crippen molar-refractivity contribution in [2.45, 2.75) is 20.8 Å². The van der Waals surface area contributed by atoms with Crippen LogP contribution in [0, 0.1) is 0 Å². The molecule has 0 rings (SSSR count). The molecule has 0 bridgehead atoms. The molecule has 0 saturated heterocycles. The van der Waals surface area contributed by atoms with Crippen LogP contribution in [0.15, 0.2) is 0 Å². The first kappa shape index (κ1) is 12.2. The molecule has 0 N–H and O–H groups in total. The molecule has 0 aliphatic rings. The molecule has 0 unspecified atom stereocenters. The molecule has 3 heteroatoms. The second-order valence-electron chi connectivity index (χ2n) is 3.18. The van der Waals surface area contributed by atoms with Crippen LogP contribution in [0.25, 0.3) is 0 Å². The van der Waals surface area contributed by atoms with Crippen molar-refractivity contribution in [3.63, 3.8) is 0 Å². The van der Waals surface area contributed by atoms with E-state index in [9.17, 15) is 0 Å². The molecule has 11 heavy (non-hydrogen) atoms. The average molecular weight is 262 g/mol. The summed E-state index contributed by atoms with van der Waals surface area (Å²) >= 11 is 10.2. The Balaban J connectivity index is 4.44. The fourth-order valence-electron chi connectivity index (χ4n) is 1.36. The SMILES string of the molecule is CCP(Cl)(CC)(CC)CCBr. The van der Waals surface area contributed by atoms with Crippen LogP contribution in [-0.2, 0) is 0 Å². The van der Waals surface area contributed by atoms with Gasteiger partial charge in [0, 0.05) is 0 Å². The minimum atomic E-state index is -1.76. The maximum absolute atomic E-state index is 6.75. The van der Waals surface area contributed by atoms with Crippen LogP contribution < -0.4 is 0 Å². The van der Waals surface area contributed by atoms with Gasteiger partial charge in [-0.05, 0) is 0 Å². The Kier molecular flexibility index (Phi) is 4.92. The van der Waals surface area contributed by atoms with Crippen LogP contribution in [0.2, 0.25) is 0 Å². The zero-order valence-corrected chi connectivity index (χ0v) is 11.0. The Bertz CT molecular complexity index is 112. The molecular weight excluding hydrogens is 242 g/mol. The third-order valence-corrected chi connectivity index (χ3v) is 12.8. The van der Waals surface area contributed by atoms with Gasteiger partial charge in [0.15, 0.2) is 0 Å². The molecule has 0 atom stereocenters. The third-order valence-electron chi connectivity index (χ3n) is 3.01. The second-order valence-corrected chi connectivity index (χ2v) is 12.8. The Morgan fingerprint density at radius 2 is 1.45 bits per heavy atom. The predicted octanol–water partition coefficient (Wildman–Crippen LogP) is 4.15. The van der Waals surface area contributed by atoms with E-state index in [4.69, 9.17) is 11.2 Å². The van der Waals surface area contributed by atoms with E-state index in [2.05, 4.69) is 36.7 Å². The van der Waals surface area contributed by atoms with Gasteiger partial charge >= 0.3 is 83.9 Å². The average Bonchev–Trinajstić information content (AvgIpc) is 2.06. The first-order valence-electron chi connectivity index (χ1n) is 4.32. The standard InChI is InChI=1S/C8H19BrClP/c1-4-11(10,5-2,6-3)8-7-9/h4-8H2,1-3H3. The van der Waals surface area contributed by atoms with Gasteiger partial charge < -0.3 is 0 Å². The summed E-state index contributed by atoms with van der Waals surface area (Å²) in [6, 6.07) is 0. The van der Waals surface area contributed by atoms with Gasteiger partial charge in [0.05, 0.1) is 0 Å². The molecule has 0 aliphatic heterocycles. The van der Waals surface area contributed by atoms with E-state index >= 15 is 0 Å². The Hall–Kier alpha value is 1.20. The summed E-state index contributed by atoms with van der Waals surface area (Å²) in [6.07, 6.45) is 4.75. The van der Waals surface area contributed by atoms with Crippen molar-refractivity contribution in [1.82, 2.24) is 0 Å². The number of halogens is 2. The normalized spacial score (nSPS) is 15.9. The summed E-state index contributed by atoms with van der Waals surface area (Å²) in [7, 11) is 0. The Morgan fingerprint density at radius 3 is 1.55 bits per heavy atom. The first-order valence-corrected chi connectivity index (χ1v) is 9.33. The van der Waals surface area contributed by atoms with Crippen LogP contribution in [0.4, 0.5) is 0 Å². The van der Waals surface area contributed by atoms with Crippen molar-refractivity contribution in [2.75, 3.05) is 30.0 Å². The van der Waals surface area contributed by atoms with E-state index in [-0.39, 0.29) is 0 Å². The number of alkyl halides is 1. The zero-order chi connectivity index (χ0) is 8.98. The molecule has 0 aliphatic carbocycles. The third kappa shape index (κ3) is 2.86. The van der Waals surface area contributed by atoms with E-state index in [0.717, 1.165) is 5.33 Å². The van der Waals surface area contributed by atoms with Gasteiger partial charge in [-0.1, -0.05) is 0 Å². The van der Waals surface area contributed by atoms with Crippen LogP contribution >= 0.6 is 33.1 Å². The number of rotatable bonds is 5. The van der Waals surface area contributed by atoms with Gasteiger partial charge in [-0.3, -0.25) is 0 Å². The number of hydrogen-bond acceptors (Lipinski definition) is 0. The molecular formula is C8H19BrClP. The summed E-state index contributed by atoms with van der Waals surface area (Å²) in [5, 5.41) is 1.06. The topological polar surface area (TPSA) is 0 Å². The summed E-state index contributed by atoms with van der Waals surface area (Å²) in [5.41, 5.74) is 0. The van der Waals surface area contributed by atoms with Crippen molar-refractivity contribution >= 4 is 33.1 Å². The Labute approximate surface area is 83.9 Å². The molecule has 0 amide bonds. The van der Waals surface area contributed by atoms with E-state index in [1.165, 1.54) is 24.6 Å². The monoisotopic (exact) mass is 260 g/mol. The van der Waals surface area contributed by atoms with Gasteiger partial charge in [-0.15, -0.1) is 0 Å². The molecule has 0 radical (unpaired) electrons. The molecule has 0 saturated carbocycles. The van der Waals surface area contributed by atoms with Crippen molar-refractivity contribution in [2.24, 2.45) is 0 Å². The van der Waals surface area contributed by atoms with E-state index in [1.807, 2.05) is 0 Å². The van der Waals surface area contributed by atoms with Crippen molar-refractivity contribution in [3.8, 4) is 0 Å². The van der Waals surface area contributed by atoms with Crippen molar-refractivity contribution in [3.05, 3.63) is 0 Å². The van der Waals surface area contributed by atoms with E-state index in [0.29, 0.717) is 0 Å². The summed E-state index contributed by atoms with van der Waals surface area (Å²) in [4.78, 5) is 0. The van der Waals surface area contributed by atoms with Crippen LogP contribution in [0.3, 0.4) is 0 Å². The Morgan fingerprint density at radius 1 is 1.09 bits per heavy atom. The van der Waals surface area contributed by atoms with Crippen LogP contribution in [0.5, 0.6) is 0 Å². The summed E-state index contributed by atoms with van der Waals surface area (Å²) < 4.78 is 0. The molecule has 0 spiro atoms. The zero-order valence-electron chi connectivity index (χ0n) is 7.74. The van der Waals surface area contributed by atoms with Gasteiger partial charge in [0.25, 0.3) is 0 Å². The molecule has 70 valence electrons. The van der Waals surface area contributed by atoms with Gasteiger partial charge in [0.1, 0.15) is 0 Å². The van der Waals surface area contributed by atoms with Gasteiger partial charge in [0.2, 0.25) is 0 Å². The molecule has 0 nitrogen and oxygen atoms in total. The fraction of sp³-hybridized carbons (Fsp3) is 1.00. The molecule has 0 fully saturated rings.